The van der Waals surface area contributed by atoms with Gasteiger partial charge in [0, 0.05) is 10.7 Å². The lowest BCUT2D eigenvalue weighted by molar-refractivity contribution is -0.154. The van der Waals surface area contributed by atoms with Gasteiger partial charge in [0.2, 0.25) is 0 Å². The minimum Gasteiger partial charge on any atom is -0.465 e. The summed E-state index contributed by atoms with van der Waals surface area (Å²) in [6, 6.07) is 0. The van der Waals surface area contributed by atoms with Crippen LogP contribution in [-0.4, -0.2) is 35.8 Å². The van der Waals surface area contributed by atoms with Gasteiger partial charge in [-0.3, -0.25) is 9.59 Å². The van der Waals surface area contributed by atoms with Crippen molar-refractivity contribution in [2.24, 2.45) is 0 Å². The summed E-state index contributed by atoms with van der Waals surface area (Å²) in [5, 5.41) is 2.02. The lowest BCUT2D eigenvalue weighted by Crippen LogP contribution is -2.15. The standard InChI is InChI=1S/C15H26Br2O4/c16-9-5-1-3-7-11-20-14(18)13-15(19)21-12-8-4-2-6-10-17/h1-13H2. The maximum atomic E-state index is 11.4. The highest BCUT2D eigenvalue weighted by Crippen LogP contribution is 2.04. The second-order valence-electron chi connectivity index (χ2n) is 4.82. The fourth-order valence-electron chi connectivity index (χ4n) is 1.69. The van der Waals surface area contributed by atoms with Gasteiger partial charge in [0.15, 0.2) is 0 Å². The molecule has 4 nitrogen and oxygen atoms in total. The van der Waals surface area contributed by atoms with Crippen molar-refractivity contribution >= 4 is 43.8 Å². The monoisotopic (exact) mass is 428 g/mol. The average molecular weight is 430 g/mol. The summed E-state index contributed by atoms with van der Waals surface area (Å²) in [5.74, 6) is -0.973. The van der Waals surface area contributed by atoms with Crippen molar-refractivity contribution in [2.45, 2.75) is 57.8 Å². The first-order valence-corrected chi connectivity index (χ1v) is 9.88. The molecule has 0 fully saturated rings. The summed E-state index contributed by atoms with van der Waals surface area (Å²) in [5.41, 5.74) is 0. The van der Waals surface area contributed by atoms with Crippen molar-refractivity contribution in [1.82, 2.24) is 0 Å². The normalized spacial score (nSPS) is 10.4. The number of carbonyl (C=O) groups is 2. The number of carbonyl (C=O) groups excluding carboxylic acids is 2. The van der Waals surface area contributed by atoms with Gasteiger partial charge >= 0.3 is 11.9 Å². The summed E-state index contributed by atoms with van der Waals surface area (Å²) in [6.07, 6.45) is 8.02. The molecule has 0 unspecified atom stereocenters. The zero-order valence-corrected chi connectivity index (χ0v) is 15.8. The van der Waals surface area contributed by atoms with Crippen LogP contribution in [0.1, 0.15) is 57.8 Å². The predicted molar refractivity (Wildman–Crippen MR) is 91.1 cm³/mol. The van der Waals surface area contributed by atoms with Gasteiger partial charge in [-0.15, -0.1) is 0 Å². The van der Waals surface area contributed by atoms with Crippen molar-refractivity contribution < 1.29 is 19.1 Å². The van der Waals surface area contributed by atoms with Crippen LogP contribution >= 0.6 is 31.9 Å². The molecule has 0 saturated heterocycles. The third kappa shape index (κ3) is 16.1. The van der Waals surface area contributed by atoms with Crippen molar-refractivity contribution in [3.8, 4) is 0 Å². The molecular formula is C15H26Br2O4. The van der Waals surface area contributed by atoms with Gasteiger partial charge < -0.3 is 9.47 Å². The van der Waals surface area contributed by atoms with Crippen LogP contribution in [0.4, 0.5) is 0 Å². The largest absolute Gasteiger partial charge is 0.465 e. The van der Waals surface area contributed by atoms with E-state index >= 15 is 0 Å². The Morgan fingerprint density at radius 3 is 1.38 bits per heavy atom. The Hall–Kier alpha value is -0.100. The van der Waals surface area contributed by atoms with Crippen LogP contribution in [0.3, 0.4) is 0 Å². The lowest BCUT2D eigenvalue weighted by Gasteiger charge is -2.06. The molecule has 0 bridgehead atoms. The molecule has 0 aromatic heterocycles. The molecule has 124 valence electrons. The van der Waals surface area contributed by atoms with E-state index in [0.717, 1.165) is 62.0 Å². The molecule has 0 N–H and O–H groups in total. The zero-order chi connectivity index (χ0) is 15.8. The van der Waals surface area contributed by atoms with Crippen molar-refractivity contribution in [3.05, 3.63) is 0 Å². The fraction of sp³-hybridized carbons (Fsp3) is 0.867. The van der Waals surface area contributed by atoms with E-state index < -0.39 is 11.9 Å². The van der Waals surface area contributed by atoms with Gasteiger partial charge in [-0.25, -0.2) is 0 Å². The molecule has 0 aromatic carbocycles. The maximum Gasteiger partial charge on any atom is 0.317 e. The highest BCUT2D eigenvalue weighted by Gasteiger charge is 2.11. The van der Waals surface area contributed by atoms with Gasteiger partial charge in [-0.05, 0) is 25.7 Å². The summed E-state index contributed by atoms with van der Waals surface area (Å²) in [4.78, 5) is 22.8. The number of halogens is 2. The van der Waals surface area contributed by atoms with E-state index in [0.29, 0.717) is 13.2 Å². The smallest absolute Gasteiger partial charge is 0.317 e. The topological polar surface area (TPSA) is 52.6 Å². The summed E-state index contributed by atoms with van der Waals surface area (Å²) in [7, 11) is 0. The molecule has 0 aromatic rings. The third-order valence-electron chi connectivity index (χ3n) is 2.87. The first kappa shape index (κ1) is 20.9. The number of rotatable bonds is 14. The number of unbranched alkanes of at least 4 members (excludes halogenated alkanes) is 6. The molecule has 0 aliphatic carbocycles. The molecule has 0 saturated carbocycles. The predicted octanol–water partition coefficient (Wildman–Crippen LogP) is 4.37. The van der Waals surface area contributed by atoms with E-state index in [4.69, 9.17) is 9.47 Å². The first-order valence-electron chi connectivity index (χ1n) is 7.64. The Labute approximate surface area is 144 Å². The number of esters is 2. The number of hydrogen-bond donors (Lipinski definition) is 0. The lowest BCUT2D eigenvalue weighted by atomic mass is 10.2. The molecule has 21 heavy (non-hydrogen) atoms. The summed E-state index contributed by atoms with van der Waals surface area (Å²) < 4.78 is 9.99. The molecular weight excluding hydrogens is 404 g/mol. The fourth-order valence-corrected chi connectivity index (χ4v) is 2.49. The van der Waals surface area contributed by atoms with Crippen molar-refractivity contribution in [2.75, 3.05) is 23.9 Å². The molecule has 6 heteroatoms. The van der Waals surface area contributed by atoms with Crippen LogP contribution in [0, 0.1) is 0 Å². The zero-order valence-electron chi connectivity index (χ0n) is 12.6. The van der Waals surface area contributed by atoms with Crippen LogP contribution < -0.4 is 0 Å². The minimum atomic E-state index is -0.486. The molecule has 0 aliphatic heterocycles. The van der Waals surface area contributed by atoms with E-state index in [9.17, 15) is 9.59 Å². The molecule has 0 rings (SSSR count). The van der Waals surface area contributed by atoms with E-state index in [1.165, 1.54) is 0 Å². The van der Waals surface area contributed by atoms with Gasteiger partial charge in [-0.1, -0.05) is 57.5 Å². The van der Waals surface area contributed by atoms with E-state index in [-0.39, 0.29) is 6.42 Å². The number of hydrogen-bond acceptors (Lipinski definition) is 4. The molecule has 0 heterocycles. The Balaban J connectivity index is 3.38. The Kier molecular flexibility index (Phi) is 16.2. The van der Waals surface area contributed by atoms with Gasteiger partial charge in [0.1, 0.15) is 6.42 Å². The van der Waals surface area contributed by atoms with E-state index in [2.05, 4.69) is 31.9 Å². The molecule has 0 radical (unpaired) electrons. The molecule has 0 atom stereocenters. The number of alkyl halides is 2. The van der Waals surface area contributed by atoms with Crippen LogP contribution in [0.5, 0.6) is 0 Å². The Bertz CT molecular complexity index is 246. The third-order valence-corrected chi connectivity index (χ3v) is 3.99. The number of ether oxygens (including phenoxy) is 2. The second kappa shape index (κ2) is 16.3. The molecule has 0 aliphatic rings. The van der Waals surface area contributed by atoms with Crippen molar-refractivity contribution in [3.63, 3.8) is 0 Å². The highest BCUT2D eigenvalue weighted by atomic mass is 79.9. The van der Waals surface area contributed by atoms with Crippen molar-refractivity contribution in [1.29, 1.82) is 0 Å². The van der Waals surface area contributed by atoms with Gasteiger partial charge in [0.05, 0.1) is 13.2 Å². The average Bonchev–Trinajstić information content (AvgIpc) is 2.46. The van der Waals surface area contributed by atoms with E-state index in [1.54, 1.807) is 0 Å². The first-order chi connectivity index (χ1) is 10.2. The minimum absolute atomic E-state index is 0.275. The van der Waals surface area contributed by atoms with Gasteiger partial charge in [0.25, 0.3) is 0 Å². The maximum absolute atomic E-state index is 11.4. The summed E-state index contributed by atoms with van der Waals surface area (Å²) >= 11 is 6.74. The second-order valence-corrected chi connectivity index (χ2v) is 6.41. The Morgan fingerprint density at radius 2 is 1.00 bits per heavy atom. The van der Waals surface area contributed by atoms with Gasteiger partial charge in [-0.2, -0.15) is 0 Å². The molecule has 0 amide bonds. The van der Waals surface area contributed by atoms with Crippen LogP contribution in [-0.2, 0) is 19.1 Å². The van der Waals surface area contributed by atoms with E-state index in [1.807, 2.05) is 0 Å². The molecule has 0 spiro atoms. The SMILES string of the molecule is O=C(CC(=O)OCCCCCCBr)OCCCCCCBr. The van der Waals surface area contributed by atoms with Crippen LogP contribution in [0.15, 0.2) is 0 Å². The highest BCUT2D eigenvalue weighted by molar-refractivity contribution is 9.09. The summed E-state index contributed by atoms with van der Waals surface area (Å²) in [6.45, 7) is 0.780. The van der Waals surface area contributed by atoms with Crippen LogP contribution in [0.25, 0.3) is 0 Å². The van der Waals surface area contributed by atoms with Crippen LogP contribution in [0.2, 0.25) is 0 Å². The Morgan fingerprint density at radius 1 is 0.619 bits per heavy atom. The quantitative estimate of drug-likeness (QED) is 0.178.